The number of hydrogen-bond donors (Lipinski definition) is 1. The molecule has 84 valence electrons. The van der Waals surface area contributed by atoms with Crippen molar-refractivity contribution in [1.82, 2.24) is 4.90 Å². The lowest BCUT2D eigenvalue weighted by Crippen LogP contribution is -2.24. The highest BCUT2D eigenvalue weighted by Crippen LogP contribution is 2.19. The Labute approximate surface area is 94.2 Å². The van der Waals surface area contributed by atoms with Crippen molar-refractivity contribution in [3.05, 3.63) is 29.8 Å². The molecule has 0 bridgehead atoms. The Morgan fingerprint density at radius 2 is 2.19 bits per heavy atom. The van der Waals surface area contributed by atoms with Crippen molar-refractivity contribution >= 4 is 18.0 Å². The molecule has 1 fully saturated rings. The van der Waals surface area contributed by atoms with Gasteiger partial charge in [0.2, 0.25) is 12.3 Å². The first kappa shape index (κ1) is 10.7. The van der Waals surface area contributed by atoms with Gasteiger partial charge in [-0.1, -0.05) is 18.2 Å². The van der Waals surface area contributed by atoms with Gasteiger partial charge in [-0.25, -0.2) is 0 Å². The summed E-state index contributed by atoms with van der Waals surface area (Å²) in [5.74, 6) is 0.195. The third-order valence-corrected chi connectivity index (χ3v) is 2.76. The second-order valence-electron chi connectivity index (χ2n) is 3.84. The molecule has 0 radical (unpaired) electrons. The van der Waals surface area contributed by atoms with E-state index < -0.39 is 0 Å². The van der Waals surface area contributed by atoms with Crippen molar-refractivity contribution in [1.29, 1.82) is 0 Å². The van der Waals surface area contributed by atoms with Crippen LogP contribution in [0.1, 0.15) is 18.4 Å². The van der Waals surface area contributed by atoms with Gasteiger partial charge < -0.3 is 10.2 Å². The predicted octanol–water partition coefficient (Wildman–Crippen LogP) is 1.38. The molecule has 2 amide bonds. The van der Waals surface area contributed by atoms with E-state index in [1.807, 2.05) is 29.2 Å². The third kappa shape index (κ3) is 2.21. The van der Waals surface area contributed by atoms with Crippen LogP contribution in [0.15, 0.2) is 24.3 Å². The number of hydrogen-bond acceptors (Lipinski definition) is 2. The molecule has 0 unspecified atom stereocenters. The van der Waals surface area contributed by atoms with Crippen molar-refractivity contribution < 1.29 is 9.59 Å². The Kier molecular flexibility index (Phi) is 3.19. The molecule has 0 saturated carbocycles. The van der Waals surface area contributed by atoms with E-state index in [9.17, 15) is 9.59 Å². The van der Waals surface area contributed by atoms with Crippen LogP contribution in [0.3, 0.4) is 0 Å². The van der Waals surface area contributed by atoms with Crippen molar-refractivity contribution in [2.24, 2.45) is 0 Å². The van der Waals surface area contributed by atoms with E-state index in [0.717, 1.165) is 24.2 Å². The predicted molar refractivity (Wildman–Crippen MR) is 60.8 cm³/mol. The summed E-state index contributed by atoms with van der Waals surface area (Å²) in [4.78, 5) is 23.7. The first-order chi connectivity index (χ1) is 7.81. The molecule has 1 N–H and O–H groups in total. The quantitative estimate of drug-likeness (QED) is 0.776. The van der Waals surface area contributed by atoms with Crippen molar-refractivity contribution in [3.8, 4) is 0 Å². The molecule has 0 aliphatic carbocycles. The molecule has 4 heteroatoms. The lowest BCUT2D eigenvalue weighted by Gasteiger charge is -2.17. The summed E-state index contributed by atoms with van der Waals surface area (Å²) in [5, 5.41) is 2.65. The monoisotopic (exact) mass is 218 g/mol. The molecule has 4 nitrogen and oxygen atoms in total. The number of anilines is 1. The van der Waals surface area contributed by atoms with Crippen LogP contribution in [0, 0.1) is 0 Å². The summed E-state index contributed by atoms with van der Waals surface area (Å²) in [6.07, 6.45) is 2.23. The van der Waals surface area contributed by atoms with Crippen molar-refractivity contribution in [3.63, 3.8) is 0 Å². The second kappa shape index (κ2) is 4.79. The second-order valence-corrected chi connectivity index (χ2v) is 3.84. The van der Waals surface area contributed by atoms with E-state index in [1.165, 1.54) is 0 Å². The molecule has 1 aliphatic heterocycles. The smallest absolute Gasteiger partial charge is 0.222 e. The number of rotatable bonds is 4. The van der Waals surface area contributed by atoms with E-state index in [2.05, 4.69) is 5.32 Å². The molecule has 0 atom stereocenters. The number of benzene rings is 1. The first-order valence-corrected chi connectivity index (χ1v) is 5.37. The maximum absolute atomic E-state index is 11.5. The Hall–Kier alpha value is -1.84. The fourth-order valence-corrected chi connectivity index (χ4v) is 1.94. The summed E-state index contributed by atoms with van der Waals surface area (Å²) in [7, 11) is 0. The van der Waals surface area contributed by atoms with E-state index in [0.29, 0.717) is 19.4 Å². The highest BCUT2D eigenvalue weighted by Gasteiger charge is 2.20. The molecule has 1 heterocycles. The van der Waals surface area contributed by atoms with Crippen LogP contribution in [-0.2, 0) is 16.1 Å². The van der Waals surface area contributed by atoms with Gasteiger partial charge >= 0.3 is 0 Å². The Bertz CT molecular complexity index is 404. The third-order valence-electron chi connectivity index (χ3n) is 2.76. The maximum Gasteiger partial charge on any atom is 0.222 e. The van der Waals surface area contributed by atoms with Crippen LogP contribution >= 0.6 is 0 Å². The minimum atomic E-state index is 0.195. The lowest BCUT2D eigenvalue weighted by molar-refractivity contribution is -0.128. The van der Waals surface area contributed by atoms with Gasteiger partial charge in [0.15, 0.2) is 0 Å². The fraction of sp³-hybridized carbons (Fsp3) is 0.333. The number of nitrogens with zero attached hydrogens (tertiary/aromatic N) is 1. The molecular formula is C12H14N2O2. The minimum absolute atomic E-state index is 0.195. The van der Waals surface area contributed by atoms with Gasteiger partial charge in [-0.05, 0) is 18.1 Å². The molecule has 1 aromatic carbocycles. The largest absolute Gasteiger partial charge is 0.338 e. The molecular weight excluding hydrogens is 204 g/mol. The molecule has 0 spiro atoms. The SMILES string of the molecule is O=CNc1ccccc1CN1CCCC1=O. The number of para-hydroxylation sites is 1. The summed E-state index contributed by atoms with van der Waals surface area (Å²) < 4.78 is 0. The van der Waals surface area contributed by atoms with Gasteiger partial charge in [0.25, 0.3) is 0 Å². The molecule has 16 heavy (non-hydrogen) atoms. The Morgan fingerprint density at radius 3 is 2.88 bits per heavy atom. The number of nitrogens with one attached hydrogen (secondary N) is 1. The zero-order chi connectivity index (χ0) is 11.4. The molecule has 1 aromatic rings. The average Bonchev–Trinajstić information content (AvgIpc) is 2.68. The van der Waals surface area contributed by atoms with Crippen LogP contribution in [0.4, 0.5) is 5.69 Å². The summed E-state index contributed by atoms with van der Waals surface area (Å²) in [6.45, 7) is 1.39. The van der Waals surface area contributed by atoms with Crippen LogP contribution in [0.2, 0.25) is 0 Å². The molecule has 1 saturated heterocycles. The zero-order valence-corrected chi connectivity index (χ0v) is 8.98. The standard InChI is InChI=1S/C12H14N2O2/c15-9-13-11-5-2-1-4-10(11)8-14-7-3-6-12(14)16/h1-2,4-5,9H,3,6-8H2,(H,13,15). The van der Waals surface area contributed by atoms with Crippen LogP contribution in [0.5, 0.6) is 0 Å². The first-order valence-electron chi connectivity index (χ1n) is 5.37. The number of likely N-dealkylation sites (tertiary alicyclic amines) is 1. The van der Waals surface area contributed by atoms with Crippen LogP contribution < -0.4 is 5.32 Å². The summed E-state index contributed by atoms with van der Waals surface area (Å²) in [6, 6.07) is 7.54. The number of carbonyl (C=O) groups excluding carboxylic acids is 2. The van der Waals surface area contributed by atoms with Gasteiger partial charge in [0, 0.05) is 25.2 Å². The van der Waals surface area contributed by atoms with E-state index in [1.54, 1.807) is 0 Å². The molecule has 1 aliphatic rings. The highest BCUT2D eigenvalue weighted by molar-refractivity contribution is 5.79. The minimum Gasteiger partial charge on any atom is -0.338 e. The normalized spacial score (nSPS) is 15.2. The van der Waals surface area contributed by atoms with E-state index in [4.69, 9.17) is 0 Å². The van der Waals surface area contributed by atoms with E-state index in [-0.39, 0.29) is 5.91 Å². The summed E-state index contributed by atoms with van der Waals surface area (Å²) in [5.41, 5.74) is 1.75. The van der Waals surface area contributed by atoms with Gasteiger partial charge in [0.05, 0.1) is 0 Å². The molecule has 2 rings (SSSR count). The zero-order valence-electron chi connectivity index (χ0n) is 8.98. The van der Waals surface area contributed by atoms with Gasteiger partial charge in [-0.3, -0.25) is 9.59 Å². The van der Waals surface area contributed by atoms with Crippen molar-refractivity contribution in [2.75, 3.05) is 11.9 Å². The van der Waals surface area contributed by atoms with Crippen LogP contribution in [-0.4, -0.2) is 23.8 Å². The van der Waals surface area contributed by atoms with Gasteiger partial charge in [-0.15, -0.1) is 0 Å². The summed E-state index contributed by atoms with van der Waals surface area (Å²) >= 11 is 0. The van der Waals surface area contributed by atoms with Gasteiger partial charge in [0.1, 0.15) is 0 Å². The fourth-order valence-electron chi connectivity index (χ4n) is 1.94. The molecule has 0 aromatic heterocycles. The highest BCUT2D eigenvalue weighted by atomic mass is 16.2. The number of carbonyl (C=O) groups is 2. The topological polar surface area (TPSA) is 49.4 Å². The average molecular weight is 218 g/mol. The Balaban J connectivity index is 2.13. The maximum atomic E-state index is 11.5. The Morgan fingerprint density at radius 1 is 1.38 bits per heavy atom. The van der Waals surface area contributed by atoms with Gasteiger partial charge in [-0.2, -0.15) is 0 Å². The van der Waals surface area contributed by atoms with Crippen molar-refractivity contribution in [2.45, 2.75) is 19.4 Å². The number of amides is 2. The lowest BCUT2D eigenvalue weighted by atomic mass is 10.1. The van der Waals surface area contributed by atoms with E-state index >= 15 is 0 Å². The van der Waals surface area contributed by atoms with Crippen LogP contribution in [0.25, 0.3) is 0 Å².